The van der Waals surface area contributed by atoms with Crippen molar-refractivity contribution < 1.29 is 9.47 Å². The summed E-state index contributed by atoms with van der Waals surface area (Å²) in [6, 6.07) is 3.67. The number of benzene rings is 1. The number of nitrogens with zero attached hydrogens (tertiary/aromatic N) is 1. The number of fused-ring (bicyclic) bond motifs is 1. The van der Waals surface area contributed by atoms with Crippen LogP contribution in [0.25, 0.3) is 10.9 Å². The van der Waals surface area contributed by atoms with Crippen LogP contribution in [0.15, 0.2) is 12.1 Å². The average Bonchev–Trinajstić information content (AvgIpc) is 2.26. The molecule has 0 spiro atoms. The third-order valence-electron chi connectivity index (χ3n) is 2.33. The fourth-order valence-corrected chi connectivity index (χ4v) is 1.97. The molecule has 16 heavy (non-hydrogen) atoms. The second-order valence-corrected chi connectivity index (χ2v) is 3.77. The van der Waals surface area contributed by atoms with Crippen LogP contribution in [0.4, 0.5) is 0 Å². The summed E-state index contributed by atoms with van der Waals surface area (Å²) in [6.45, 7) is 1.86. The lowest BCUT2D eigenvalue weighted by atomic mass is 10.2. The summed E-state index contributed by atoms with van der Waals surface area (Å²) in [7, 11) is 3.21. The molecule has 5 heteroatoms. The van der Waals surface area contributed by atoms with E-state index in [0.29, 0.717) is 10.4 Å². The first-order valence-electron chi connectivity index (χ1n) is 4.78. The first kappa shape index (κ1) is 10.9. The fraction of sp³-hybridized carbons (Fsp3) is 0.273. The molecule has 0 fully saturated rings. The van der Waals surface area contributed by atoms with E-state index in [-0.39, 0.29) is 0 Å². The van der Waals surface area contributed by atoms with Crippen LogP contribution in [-0.4, -0.2) is 24.2 Å². The number of aromatic nitrogens is 2. The van der Waals surface area contributed by atoms with Gasteiger partial charge in [-0.15, -0.1) is 0 Å². The maximum absolute atomic E-state index is 5.28. The molecule has 0 aliphatic rings. The molecule has 0 aliphatic carbocycles. The number of aromatic amines is 1. The van der Waals surface area contributed by atoms with Crippen LogP contribution in [0.2, 0.25) is 0 Å². The molecule has 1 N–H and O–H groups in total. The molecule has 0 aliphatic heterocycles. The zero-order valence-corrected chi connectivity index (χ0v) is 10.1. The Morgan fingerprint density at radius 2 is 2.00 bits per heavy atom. The van der Waals surface area contributed by atoms with E-state index in [2.05, 4.69) is 9.97 Å². The minimum absolute atomic E-state index is 0.533. The second kappa shape index (κ2) is 4.09. The lowest BCUT2D eigenvalue weighted by Crippen LogP contribution is -1.94. The fourth-order valence-electron chi connectivity index (χ4n) is 1.62. The van der Waals surface area contributed by atoms with Gasteiger partial charge >= 0.3 is 0 Å². The normalized spacial score (nSPS) is 10.4. The molecule has 1 aromatic heterocycles. The lowest BCUT2D eigenvalue weighted by molar-refractivity contribution is 0.397. The Morgan fingerprint density at radius 1 is 1.25 bits per heavy atom. The third-order valence-corrected chi connectivity index (χ3v) is 2.63. The predicted molar refractivity (Wildman–Crippen MR) is 64.8 cm³/mol. The molecule has 0 atom stereocenters. The van der Waals surface area contributed by atoms with Crippen molar-refractivity contribution in [3.8, 4) is 11.5 Å². The predicted octanol–water partition coefficient (Wildman–Crippen LogP) is 2.62. The Balaban J connectivity index is 2.89. The van der Waals surface area contributed by atoms with Crippen LogP contribution >= 0.6 is 12.2 Å². The largest absolute Gasteiger partial charge is 0.497 e. The van der Waals surface area contributed by atoms with E-state index < -0.39 is 0 Å². The van der Waals surface area contributed by atoms with E-state index in [1.807, 2.05) is 13.0 Å². The van der Waals surface area contributed by atoms with Crippen molar-refractivity contribution in [2.24, 2.45) is 0 Å². The zero-order chi connectivity index (χ0) is 11.7. The third kappa shape index (κ3) is 1.74. The van der Waals surface area contributed by atoms with E-state index in [1.54, 1.807) is 20.3 Å². The molecule has 0 bridgehead atoms. The van der Waals surface area contributed by atoms with Crippen LogP contribution in [-0.2, 0) is 0 Å². The van der Waals surface area contributed by atoms with Crippen molar-refractivity contribution in [3.05, 3.63) is 22.6 Å². The van der Waals surface area contributed by atoms with E-state index in [4.69, 9.17) is 21.7 Å². The number of nitrogens with one attached hydrogen (secondary N) is 1. The maximum Gasteiger partial charge on any atom is 0.141 e. The van der Waals surface area contributed by atoms with Crippen molar-refractivity contribution in [1.82, 2.24) is 9.97 Å². The number of hydrogen-bond acceptors (Lipinski definition) is 4. The molecule has 4 nitrogen and oxygen atoms in total. The van der Waals surface area contributed by atoms with E-state index in [1.165, 1.54) is 0 Å². The monoisotopic (exact) mass is 236 g/mol. The van der Waals surface area contributed by atoms with E-state index in [9.17, 15) is 0 Å². The van der Waals surface area contributed by atoms with Crippen molar-refractivity contribution in [2.75, 3.05) is 14.2 Å². The average molecular weight is 236 g/mol. The molecule has 2 rings (SSSR count). The number of ether oxygens (including phenoxy) is 2. The zero-order valence-electron chi connectivity index (χ0n) is 9.33. The van der Waals surface area contributed by atoms with Gasteiger partial charge in [-0.3, -0.25) is 0 Å². The number of aryl methyl sites for hydroxylation is 1. The smallest absolute Gasteiger partial charge is 0.141 e. The standard InChI is InChI=1S/C11H12N2O2S/c1-6-12-8-4-7(14-2)5-9(15-3)10(8)11(16)13-6/h4-5H,1-3H3,(H,12,13,16). The molecule has 1 aromatic carbocycles. The van der Waals surface area contributed by atoms with Gasteiger partial charge < -0.3 is 14.5 Å². The molecule has 0 amide bonds. The van der Waals surface area contributed by atoms with Gasteiger partial charge in [0, 0.05) is 12.1 Å². The molecule has 84 valence electrons. The molecule has 0 saturated heterocycles. The van der Waals surface area contributed by atoms with Gasteiger partial charge in [0.15, 0.2) is 0 Å². The summed E-state index contributed by atoms with van der Waals surface area (Å²) >= 11 is 5.22. The summed E-state index contributed by atoms with van der Waals surface area (Å²) in [4.78, 5) is 7.35. The van der Waals surface area contributed by atoms with Gasteiger partial charge in [0.05, 0.1) is 25.1 Å². The Labute approximate surface area is 98.2 Å². The quantitative estimate of drug-likeness (QED) is 0.814. The van der Waals surface area contributed by atoms with Gasteiger partial charge in [-0.05, 0) is 6.92 Å². The molecule has 0 unspecified atom stereocenters. The van der Waals surface area contributed by atoms with Crippen molar-refractivity contribution >= 4 is 23.1 Å². The molecule has 0 radical (unpaired) electrons. The molecule has 0 saturated carbocycles. The second-order valence-electron chi connectivity index (χ2n) is 3.38. The van der Waals surface area contributed by atoms with Crippen LogP contribution in [0.5, 0.6) is 11.5 Å². The molecular weight excluding hydrogens is 224 g/mol. The van der Waals surface area contributed by atoms with E-state index in [0.717, 1.165) is 22.5 Å². The lowest BCUT2D eigenvalue weighted by Gasteiger charge is -2.09. The van der Waals surface area contributed by atoms with Crippen LogP contribution in [0, 0.1) is 11.6 Å². The van der Waals surface area contributed by atoms with Crippen LogP contribution < -0.4 is 9.47 Å². The number of rotatable bonds is 2. The van der Waals surface area contributed by atoms with E-state index >= 15 is 0 Å². The van der Waals surface area contributed by atoms with Gasteiger partial charge in [0.25, 0.3) is 0 Å². The highest BCUT2D eigenvalue weighted by Crippen LogP contribution is 2.30. The number of H-pyrrole nitrogens is 1. The van der Waals surface area contributed by atoms with Crippen molar-refractivity contribution in [3.63, 3.8) is 0 Å². The van der Waals surface area contributed by atoms with Crippen LogP contribution in [0.3, 0.4) is 0 Å². The van der Waals surface area contributed by atoms with Gasteiger partial charge in [-0.1, -0.05) is 12.2 Å². The first-order chi connectivity index (χ1) is 7.65. The van der Waals surface area contributed by atoms with Gasteiger partial charge in [-0.25, -0.2) is 4.98 Å². The maximum atomic E-state index is 5.28. The minimum atomic E-state index is 0.533. The summed E-state index contributed by atoms with van der Waals surface area (Å²) in [5.74, 6) is 2.16. The summed E-state index contributed by atoms with van der Waals surface area (Å²) < 4.78 is 11.0. The van der Waals surface area contributed by atoms with Crippen molar-refractivity contribution in [1.29, 1.82) is 0 Å². The van der Waals surface area contributed by atoms with Gasteiger partial charge in [0.2, 0.25) is 0 Å². The van der Waals surface area contributed by atoms with Gasteiger partial charge in [-0.2, -0.15) is 0 Å². The highest BCUT2D eigenvalue weighted by atomic mass is 32.1. The Bertz CT molecular complexity index is 592. The number of hydrogen-bond donors (Lipinski definition) is 1. The Morgan fingerprint density at radius 3 is 2.62 bits per heavy atom. The molecule has 2 aromatic rings. The number of methoxy groups -OCH3 is 2. The topological polar surface area (TPSA) is 47.1 Å². The SMILES string of the molecule is COc1cc(OC)c2c(=S)nc(C)[nH]c2c1. The molecular formula is C11H12N2O2S. The summed E-state index contributed by atoms with van der Waals surface area (Å²) in [5, 5.41) is 0.809. The first-order valence-corrected chi connectivity index (χ1v) is 5.19. The minimum Gasteiger partial charge on any atom is -0.497 e. The highest BCUT2D eigenvalue weighted by Gasteiger charge is 2.08. The summed E-state index contributed by atoms with van der Waals surface area (Å²) in [6.07, 6.45) is 0. The molecule has 1 heterocycles. The summed E-state index contributed by atoms with van der Waals surface area (Å²) in [5.41, 5.74) is 0.869. The Kier molecular flexibility index (Phi) is 2.78. The van der Waals surface area contributed by atoms with Crippen molar-refractivity contribution in [2.45, 2.75) is 6.92 Å². The van der Waals surface area contributed by atoms with Gasteiger partial charge in [0.1, 0.15) is 22.0 Å². The van der Waals surface area contributed by atoms with Crippen LogP contribution in [0.1, 0.15) is 5.82 Å². The Hall–Kier alpha value is -1.62. The highest BCUT2D eigenvalue weighted by molar-refractivity contribution is 7.71.